The van der Waals surface area contributed by atoms with Gasteiger partial charge in [0.15, 0.2) is 0 Å². The van der Waals surface area contributed by atoms with Gasteiger partial charge in [0, 0.05) is 21.2 Å². The first-order chi connectivity index (χ1) is 21.9. The molecule has 0 heterocycles. The van der Waals surface area contributed by atoms with E-state index >= 15 is 0 Å². The lowest BCUT2D eigenvalue weighted by Gasteiger charge is -2.18. The molecule has 0 spiro atoms. The Morgan fingerprint density at radius 3 is 2.02 bits per heavy atom. The van der Waals surface area contributed by atoms with Crippen molar-refractivity contribution in [2.45, 2.75) is 10.1 Å². The van der Waals surface area contributed by atoms with Gasteiger partial charge in [0.05, 0.1) is 10.7 Å². The maximum atomic E-state index is 13.6. The van der Waals surface area contributed by atoms with Crippen LogP contribution >= 0.6 is 35.0 Å². The molecule has 0 aliphatic heterocycles. The molecule has 1 unspecified atom stereocenters. The zero-order valence-corrected chi connectivity index (χ0v) is 26.1. The van der Waals surface area contributed by atoms with E-state index in [0.29, 0.717) is 32.5 Å². The van der Waals surface area contributed by atoms with Crippen LogP contribution in [0.25, 0.3) is 6.08 Å². The molecule has 5 aromatic carbocycles. The lowest BCUT2D eigenvalue weighted by molar-refractivity contribution is -0.116. The van der Waals surface area contributed by atoms with E-state index in [2.05, 4.69) is 16.0 Å². The molecule has 5 aromatic rings. The minimum Gasteiger partial charge on any atom is -0.323 e. The van der Waals surface area contributed by atoms with Gasteiger partial charge in [-0.05, 0) is 65.7 Å². The summed E-state index contributed by atoms with van der Waals surface area (Å²) in [7, 11) is 0. The van der Waals surface area contributed by atoms with Gasteiger partial charge in [0.1, 0.15) is 10.9 Å². The number of benzene rings is 5. The molecule has 0 aliphatic carbocycles. The number of thioether (sulfide) groups is 1. The number of nitrogens with one attached hydrogen (secondary N) is 3. The third kappa shape index (κ3) is 8.64. The number of rotatable bonds is 10. The number of carbonyl (C=O) groups is 3. The quantitative estimate of drug-likeness (QED) is 0.104. The van der Waals surface area contributed by atoms with E-state index in [1.165, 1.54) is 17.8 Å². The molecule has 224 valence electrons. The molecule has 45 heavy (non-hydrogen) atoms. The van der Waals surface area contributed by atoms with Gasteiger partial charge in [-0.15, -0.1) is 11.8 Å². The van der Waals surface area contributed by atoms with Gasteiger partial charge < -0.3 is 16.0 Å². The van der Waals surface area contributed by atoms with Gasteiger partial charge in [-0.25, -0.2) is 0 Å². The van der Waals surface area contributed by atoms with Crippen LogP contribution in [0.1, 0.15) is 26.7 Å². The van der Waals surface area contributed by atoms with Crippen molar-refractivity contribution in [3.63, 3.8) is 0 Å². The Balaban J connectivity index is 1.38. The zero-order valence-electron chi connectivity index (χ0n) is 23.7. The van der Waals surface area contributed by atoms with Gasteiger partial charge in [-0.1, -0.05) is 108 Å². The van der Waals surface area contributed by atoms with E-state index in [0.717, 1.165) is 10.5 Å². The van der Waals surface area contributed by atoms with Crippen LogP contribution in [0.3, 0.4) is 0 Å². The lowest BCUT2D eigenvalue weighted by Crippen LogP contribution is -2.30. The smallest absolute Gasteiger partial charge is 0.272 e. The highest BCUT2D eigenvalue weighted by Gasteiger charge is 2.23. The molecule has 0 saturated carbocycles. The molecular formula is C36H27Cl2N3O3S. The topological polar surface area (TPSA) is 87.3 Å². The maximum absolute atomic E-state index is 13.6. The van der Waals surface area contributed by atoms with Crippen molar-refractivity contribution >= 4 is 70.1 Å². The third-order valence-corrected chi connectivity index (χ3v) is 8.47. The largest absolute Gasteiger partial charge is 0.323 e. The van der Waals surface area contributed by atoms with Crippen LogP contribution in [-0.4, -0.2) is 17.7 Å². The van der Waals surface area contributed by atoms with Crippen molar-refractivity contribution in [2.24, 2.45) is 0 Å². The van der Waals surface area contributed by atoms with Crippen LogP contribution in [0.4, 0.5) is 11.4 Å². The van der Waals surface area contributed by atoms with E-state index in [9.17, 15) is 14.4 Å². The van der Waals surface area contributed by atoms with Gasteiger partial charge in [0.2, 0.25) is 5.91 Å². The van der Waals surface area contributed by atoms with Gasteiger partial charge >= 0.3 is 0 Å². The van der Waals surface area contributed by atoms with Crippen molar-refractivity contribution < 1.29 is 14.4 Å². The summed E-state index contributed by atoms with van der Waals surface area (Å²) in [5, 5.41) is 8.77. The van der Waals surface area contributed by atoms with E-state index in [1.807, 2.05) is 36.4 Å². The number of halogens is 2. The molecule has 6 nitrogen and oxygen atoms in total. The lowest BCUT2D eigenvalue weighted by atomic mass is 10.1. The molecule has 5 rings (SSSR count). The Bertz CT molecular complexity index is 1850. The summed E-state index contributed by atoms with van der Waals surface area (Å²) in [6, 6.07) is 39.2. The molecule has 0 bridgehead atoms. The Labute approximate surface area is 275 Å². The highest BCUT2D eigenvalue weighted by atomic mass is 35.5. The second kappa shape index (κ2) is 15.3. The van der Waals surface area contributed by atoms with Crippen molar-refractivity contribution in [1.82, 2.24) is 5.32 Å². The second-order valence-electron chi connectivity index (χ2n) is 9.76. The summed E-state index contributed by atoms with van der Waals surface area (Å²) in [6.07, 6.45) is 1.53. The molecule has 3 N–H and O–H groups in total. The summed E-state index contributed by atoms with van der Waals surface area (Å²) >= 11 is 14.0. The summed E-state index contributed by atoms with van der Waals surface area (Å²) in [5.74, 6) is -1.23. The number of hydrogen-bond donors (Lipinski definition) is 3. The summed E-state index contributed by atoms with van der Waals surface area (Å²) in [6.45, 7) is 0. The number of para-hydroxylation sites is 1. The molecule has 3 amide bonds. The number of carbonyl (C=O) groups excluding carboxylic acids is 3. The van der Waals surface area contributed by atoms with Crippen molar-refractivity contribution in [2.75, 3.05) is 10.6 Å². The fourth-order valence-corrected chi connectivity index (χ4v) is 5.79. The predicted molar refractivity (Wildman–Crippen MR) is 184 cm³/mol. The second-order valence-corrected chi connectivity index (χ2v) is 11.8. The first-order valence-corrected chi connectivity index (χ1v) is 15.5. The minimum atomic E-state index is -0.616. The Kier molecular flexibility index (Phi) is 10.7. The number of amides is 3. The van der Waals surface area contributed by atoms with Gasteiger partial charge in [-0.2, -0.15) is 0 Å². The zero-order chi connectivity index (χ0) is 31.6. The summed E-state index contributed by atoms with van der Waals surface area (Å²) in [5.41, 5.74) is 2.77. The van der Waals surface area contributed by atoms with E-state index in [1.54, 1.807) is 97.1 Å². The molecule has 1 atom stereocenters. The van der Waals surface area contributed by atoms with Crippen molar-refractivity contribution in [3.05, 3.63) is 166 Å². The van der Waals surface area contributed by atoms with Gasteiger partial charge in [-0.3, -0.25) is 14.4 Å². The average Bonchev–Trinajstić information content (AvgIpc) is 3.06. The van der Waals surface area contributed by atoms with Crippen LogP contribution in [-0.2, 0) is 9.59 Å². The molecule has 0 saturated heterocycles. The summed E-state index contributed by atoms with van der Waals surface area (Å²) in [4.78, 5) is 40.8. The van der Waals surface area contributed by atoms with E-state index < -0.39 is 17.1 Å². The Morgan fingerprint density at radius 1 is 0.667 bits per heavy atom. The number of hydrogen-bond acceptors (Lipinski definition) is 4. The minimum absolute atomic E-state index is 0.0105. The highest BCUT2D eigenvalue weighted by Crippen LogP contribution is 2.37. The highest BCUT2D eigenvalue weighted by molar-refractivity contribution is 8.00. The molecular weight excluding hydrogens is 625 g/mol. The average molecular weight is 653 g/mol. The van der Waals surface area contributed by atoms with Crippen molar-refractivity contribution in [1.29, 1.82) is 0 Å². The fourth-order valence-electron chi connectivity index (χ4n) is 4.33. The predicted octanol–water partition coefficient (Wildman–Crippen LogP) is 8.88. The number of anilines is 2. The summed E-state index contributed by atoms with van der Waals surface area (Å²) < 4.78 is 0. The van der Waals surface area contributed by atoms with Gasteiger partial charge in [0.25, 0.3) is 11.8 Å². The Hall–Kier alpha value is -4.82. The van der Waals surface area contributed by atoms with Crippen LogP contribution in [0.15, 0.2) is 144 Å². The van der Waals surface area contributed by atoms with E-state index in [-0.39, 0.29) is 11.6 Å². The van der Waals surface area contributed by atoms with Crippen molar-refractivity contribution in [3.8, 4) is 0 Å². The van der Waals surface area contributed by atoms with E-state index in [4.69, 9.17) is 23.2 Å². The van der Waals surface area contributed by atoms with Crippen LogP contribution in [0.5, 0.6) is 0 Å². The Morgan fingerprint density at radius 2 is 1.31 bits per heavy atom. The molecule has 0 aliphatic rings. The molecule has 0 aromatic heterocycles. The molecule has 9 heteroatoms. The third-order valence-electron chi connectivity index (χ3n) is 6.55. The maximum Gasteiger partial charge on any atom is 0.272 e. The fraction of sp³-hybridized carbons (Fsp3) is 0.0278. The van der Waals surface area contributed by atoms with Crippen LogP contribution < -0.4 is 16.0 Å². The first-order valence-electron chi connectivity index (χ1n) is 13.9. The molecule has 0 radical (unpaired) electrons. The SMILES string of the molecule is O=C(Nc1cccc(SC(C(=O)Nc2ccccc2Cl)c2ccccc2)c1)/C(=C\c1ccccc1Cl)NC(=O)c1ccccc1. The molecule has 0 fully saturated rings. The standard InChI is InChI=1S/C36H27Cl2N3O3S/c37-29-19-8-7-16-26(29)22-32(41-34(42)25-14-5-2-6-15-25)35(43)39-27-17-11-18-28(23-27)45-33(24-12-3-1-4-13-24)36(44)40-31-21-10-9-20-30(31)38/h1-23,33H,(H,39,43)(H,40,44)(H,41,42)/b32-22+. The first kappa shape index (κ1) is 31.6. The van der Waals surface area contributed by atoms with Crippen LogP contribution in [0.2, 0.25) is 10.0 Å². The normalized spacial score (nSPS) is 11.7. The monoisotopic (exact) mass is 651 g/mol. The van der Waals surface area contributed by atoms with Crippen LogP contribution in [0, 0.1) is 0 Å².